The third-order valence-electron chi connectivity index (χ3n) is 21.7. The minimum atomic E-state index is -0.469. The van der Waals surface area contributed by atoms with Gasteiger partial charge in [0.15, 0.2) is 23.0 Å². The zero-order chi connectivity index (χ0) is 78.3. The Balaban J connectivity index is 1.46. The van der Waals surface area contributed by atoms with E-state index in [9.17, 15) is 9.59 Å². The van der Waals surface area contributed by atoms with Crippen molar-refractivity contribution in [3.8, 4) is 45.9 Å². The van der Waals surface area contributed by atoms with Crippen molar-refractivity contribution in [1.82, 2.24) is 9.97 Å². The van der Waals surface area contributed by atoms with Crippen LogP contribution in [0.5, 0.6) is 34.5 Å². The third-order valence-corrected chi connectivity index (χ3v) is 21.7. The number of benzene rings is 2. The van der Waals surface area contributed by atoms with Crippen LogP contribution in [0.1, 0.15) is 459 Å². The molecule has 4 aromatic rings. The van der Waals surface area contributed by atoms with E-state index >= 15 is 0 Å². The molecule has 0 amide bonds. The fraction of sp³-hybridized carbons (Fsp3) is 0.755. The van der Waals surface area contributed by atoms with Crippen LogP contribution in [0.2, 0.25) is 0 Å². The second kappa shape index (κ2) is 70.1. The van der Waals surface area contributed by atoms with Gasteiger partial charge in [0.2, 0.25) is 11.5 Å². The van der Waals surface area contributed by atoms with Gasteiger partial charge in [0.25, 0.3) is 0 Å². The van der Waals surface area contributed by atoms with Gasteiger partial charge in [-0.25, -0.2) is 9.59 Å². The molecule has 4 rings (SSSR count). The van der Waals surface area contributed by atoms with Gasteiger partial charge in [-0.3, -0.25) is 9.97 Å². The number of hydrogen-bond donors (Lipinski definition) is 0. The molecule has 626 valence electrons. The Hall–Kier alpha value is -5.52. The van der Waals surface area contributed by atoms with Crippen molar-refractivity contribution in [2.45, 2.75) is 440 Å². The summed E-state index contributed by atoms with van der Waals surface area (Å²) in [5.41, 5.74) is 3.54. The second-order valence-corrected chi connectivity index (χ2v) is 32.0. The molecule has 0 unspecified atom stereocenters. The van der Waals surface area contributed by atoms with E-state index in [1.54, 1.807) is 36.7 Å². The highest BCUT2D eigenvalue weighted by Crippen LogP contribution is 2.42. The maximum Gasteiger partial charge on any atom is 0.338 e. The van der Waals surface area contributed by atoms with Crippen molar-refractivity contribution >= 4 is 11.9 Å². The van der Waals surface area contributed by atoms with Gasteiger partial charge in [-0.1, -0.05) is 400 Å². The molecule has 12 nitrogen and oxygen atoms in total. The fourth-order valence-corrected chi connectivity index (χ4v) is 14.5. The smallest absolute Gasteiger partial charge is 0.338 e. The molecule has 2 aromatic heterocycles. The summed E-state index contributed by atoms with van der Waals surface area (Å²) in [7, 11) is 0. The Morgan fingerprint density at radius 2 is 0.418 bits per heavy atom. The van der Waals surface area contributed by atoms with Crippen molar-refractivity contribution in [1.29, 1.82) is 0 Å². The first-order valence-electron chi connectivity index (χ1n) is 46.7. The Morgan fingerprint density at radius 1 is 0.236 bits per heavy atom. The molecule has 0 saturated carbocycles. The van der Waals surface area contributed by atoms with Crippen LogP contribution in [0.3, 0.4) is 0 Å². The van der Waals surface area contributed by atoms with Crippen LogP contribution in [-0.2, 0) is 22.7 Å². The van der Waals surface area contributed by atoms with E-state index in [4.69, 9.17) is 47.9 Å². The predicted octanol–water partition coefficient (Wildman–Crippen LogP) is 30.7. The summed E-state index contributed by atoms with van der Waals surface area (Å²) in [5.74, 6) is 2.39. The van der Waals surface area contributed by atoms with Gasteiger partial charge < -0.3 is 37.9 Å². The fourth-order valence-electron chi connectivity index (χ4n) is 14.5. The molecule has 0 radical (unpaired) electrons. The molecule has 0 spiro atoms. The Bertz CT molecular complexity index is 2490. The predicted molar refractivity (Wildman–Crippen MR) is 463 cm³/mol. The first kappa shape index (κ1) is 96.8. The van der Waals surface area contributed by atoms with Crippen molar-refractivity contribution in [3.63, 3.8) is 0 Å². The number of nitrogens with zero attached hydrogens (tertiary/aromatic N) is 2. The van der Waals surface area contributed by atoms with Crippen molar-refractivity contribution < 1.29 is 47.5 Å². The largest absolute Gasteiger partial charge is 0.490 e. The standard InChI is InChI=1S/C98H164N2O10/c1-7-13-19-25-31-37-43-49-55-61-71-103-91-77-87(78-92(104-72-62-56-50-44-38-32-26-20-14-8-2)95(91)107-75-65-59-53-47-41-35-29-23-17-11-5)97(101)109-83-85-67-69-89(99-81-85)90-70-68-86(82-100-90)84-110-98(102)88-79-93(105-73-63-57-51-45-39-33-27-21-15-9-3)96(108-76-66-60-54-48-42-36-30-24-18-12-6)94(80-88)106-74-64-58-52-46-40-34-28-22-16-10-4/h67-70,77-82H,7-66,71-76,83-84H2,1-6H3. The van der Waals surface area contributed by atoms with E-state index in [-0.39, 0.29) is 13.2 Å². The quantitative estimate of drug-likeness (QED) is 0.0308. The lowest BCUT2D eigenvalue weighted by Crippen LogP contribution is -2.10. The van der Waals surface area contributed by atoms with Gasteiger partial charge in [0.1, 0.15) is 13.2 Å². The zero-order valence-electron chi connectivity index (χ0n) is 71.8. The minimum absolute atomic E-state index is 0.0273. The Kier molecular flexibility index (Phi) is 61.7. The SMILES string of the molecule is CCCCCCCCCCCCOc1cc(C(=O)OCc2ccc(-c3ccc(COC(=O)c4cc(OCCCCCCCCCCCC)c(OCCCCCCCCCCCC)c(OCCCCCCCCCCCC)c4)cn3)nc2)cc(OCCCCCCCCCCCC)c1OCCCCCCCCCCCC. The minimum Gasteiger partial charge on any atom is -0.490 e. The number of ether oxygens (including phenoxy) is 8. The molecule has 0 bridgehead atoms. The third kappa shape index (κ3) is 49.2. The summed E-state index contributed by atoms with van der Waals surface area (Å²) in [4.78, 5) is 38.0. The molecule has 2 heterocycles. The number of hydrogen-bond acceptors (Lipinski definition) is 12. The number of carbonyl (C=O) groups excluding carboxylic acids is 2. The number of carbonyl (C=O) groups is 2. The van der Waals surface area contributed by atoms with Gasteiger partial charge in [0, 0.05) is 23.5 Å². The van der Waals surface area contributed by atoms with E-state index in [2.05, 4.69) is 41.5 Å². The molecular formula is C98H164N2O10. The van der Waals surface area contributed by atoms with Gasteiger partial charge in [-0.15, -0.1) is 0 Å². The average molecular weight is 1530 g/mol. The van der Waals surface area contributed by atoms with Crippen LogP contribution in [0, 0.1) is 0 Å². The molecule has 0 aliphatic heterocycles. The summed E-state index contributed by atoms with van der Waals surface area (Å²) in [5, 5.41) is 0. The lowest BCUT2D eigenvalue weighted by molar-refractivity contribution is 0.0462. The molecule has 12 heteroatoms. The summed E-state index contributed by atoms with van der Waals surface area (Å²) in [6, 6.07) is 14.8. The van der Waals surface area contributed by atoms with Crippen LogP contribution < -0.4 is 28.4 Å². The van der Waals surface area contributed by atoms with Crippen molar-refractivity contribution in [3.05, 3.63) is 83.2 Å². The maximum atomic E-state index is 14.2. The summed E-state index contributed by atoms with van der Waals surface area (Å²) >= 11 is 0. The average Bonchev–Trinajstić information content (AvgIpc) is 0.814. The highest BCUT2D eigenvalue weighted by molar-refractivity contribution is 5.92. The van der Waals surface area contributed by atoms with Gasteiger partial charge >= 0.3 is 11.9 Å². The first-order valence-corrected chi connectivity index (χ1v) is 46.7. The molecule has 0 aliphatic carbocycles. The van der Waals surface area contributed by atoms with Crippen LogP contribution in [0.25, 0.3) is 11.4 Å². The highest BCUT2D eigenvalue weighted by Gasteiger charge is 2.23. The summed E-state index contributed by atoms with van der Waals surface area (Å²) < 4.78 is 51.8. The molecule has 0 N–H and O–H groups in total. The number of esters is 2. The van der Waals surface area contributed by atoms with Gasteiger partial charge in [-0.2, -0.15) is 0 Å². The first-order chi connectivity index (χ1) is 54.3. The Labute approximate surface area is 674 Å². The number of pyridine rings is 2. The van der Waals surface area contributed by atoms with Crippen molar-refractivity contribution in [2.24, 2.45) is 0 Å². The van der Waals surface area contributed by atoms with Crippen LogP contribution in [0.4, 0.5) is 0 Å². The van der Waals surface area contributed by atoms with Crippen molar-refractivity contribution in [2.75, 3.05) is 39.6 Å². The number of aromatic nitrogens is 2. The number of unbranched alkanes of at least 4 members (excludes halogenated alkanes) is 54. The van der Waals surface area contributed by atoms with Crippen LogP contribution in [-0.4, -0.2) is 61.5 Å². The van der Waals surface area contributed by atoms with Gasteiger partial charge in [-0.05, 0) is 74.9 Å². The van der Waals surface area contributed by atoms with E-state index in [0.29, 0.717) is 96.7 Å². The van der Waals surface area contributed by atoms with Gasteiger partial charge in [0.05, 0.1) is 62.2 Å². The van der Waals surface area contributed by atoms with E-state index in [0.717, 1.165) is 88.2 Å². The monoisotopic (exact) mass is 1530 g/mol. The lowest BCUT2D eigenvalue weighted by Gasteiger charge is -2.19. The topological polar surface area (TPSA) is 134 Å². The summed E-state index contributed by atoms with van der Waals surface area (Å²) in [6.07, 6.45) is 77.9. The van der Waals surface area contributed by atoms with E-state index in [1.807, 2.05) is 24.3 Å². The molecule has 0 saturated heterocycles. The Morgan fingerprint density at radius 3 is 0.600 bits per heavy atom. The maximum absolute atomic E-state index is 14.2. The molecule has 0 atom stereocenters. The highest BCUT2D eigenvalue weighted by atomic mass is 16.6. The molecule has 0 aliphatic rings. The normalized spacial score (nSPS) is 11.4. The van der Waals surface area contributed by atoms with E-state index < -0.39 is 11.9 Å². The second-order valence-electron chi connectivity index (χ2n) is 32.0. The molecule has 110 heavy (non-hydrogen) atoms. The summed E-state index contributed by atoms with van der Waals surface area (Å²) in [6.45, 7) is 16.9. The van der Waals surface area contributed by atoms with E-state index in [1.165, 1.54) is 308 Å². The zero-order valence-corrected chi connectivity index (χ0v) is 71.8. The van der Waals surface area contributed by atoms with Crippen LogP contribution >= 0.6 is 0 Å². The van der Waals surface area contributed by atoms with Crippen LogP contribution in [0.15, 0.2) is 60.9 Å². The lowest BCUT2D eigenvalue weighted by atomic mass is 10.1. The molecular weight excluding hydrogens is 1370 g/mol. The molecule has 2 aromatic carbocycles. The molecule has 0 fully saturated rings. The number of rotatable bonds is 79.